The van der Waals surface area contributed by atoms with Crippen molar-refractivity contribution in [3.05, 3.63) is 35.0 Å². The minimum Gasteiger partial charge on any atom is -0.329 e. The summed E-state index contributed by atoms with van der Waals surface area (Å²) in [6.45, 7) is 0.745. The first-order chi connectivity index (χ1) is 7.74. The van der Waals surface area contributed by atoms with Crippen LogP contribution in [-0.4, -0.2) is 21.6 Å². The Balaban J connectivity index is 2.49. The van der Waals surface area contributed by atoms with Gasteiger partial charge in [0.05, 0.1) is 12.2 Å². The molecule has 0 aliphatic carbocycles. The van der Waals surface area contributed by atoms with E-state index in [0.29, 0.717) is 0 Å². The van der Waals surface area contributed by atoms with Gasteiger partial charge < -0.3 is 9.88 Å². The largest absolute Gasteiger partial charge is 0.329 e. The van der Waals surface area contributed by atoms with Crippen LogP contribution in [-0.2, 0) is 13.6 Å². The standard InChI is InChI=1S/C11H13BrN4/c1-13-7-9-15-11(12)10(16(9)2)8-4-3-5-14-6-8/h3-6,13H,7H2,1-2H3. The molecule has 0 aliphatic heterocycles. The van der Waals surface area contributed by atoms with Gasteiger partial charge in [0.2, 0.25) is 0 Å². The van der Waals surface area contributed by atoms with E-state index in [1.807, 2.05) is 32.4 Å². The molecule has 0 bridgehead atoms. The Bertz CT molecular complexity index is 478. The number of imidazole rings is 1. The quantitative estimate of drug-likeness (QED) is 0.935. The van der Waals surface area contributed by atoms with Crippen molar-refractivity contribution in [3.8, 4) is 11.3 Å². The van der Waals surface area contributed by atoms with Gasteiger partial charge in [-0.1, -0.05) is 0 Å². The summed E-state index contributed by atoms with van der Waals surface area (Å²) >= 11 is 3.49. The van der Waals surface area contributed by atoms with Gasteiger partial charge in [-0.15, -0.1) is 0 Å². The maximum Gasteiger partial charge on any atom is 0.132 e. The molecule has 2 aromatic heterocycles. The summed E-state index contributed by atoms with van der Waals surface area (Å²) in [5.74, 6) is 0.994. The van der Waals surface area contributed by atoms with E-state index >= 15 is 0 Å². The predicted octanol–water partition coefficient (Wildman–Crippen LogP) is 1.96. The molecule has 5 heteroatoms. The molecule has 16 heavy (non-hydrogen) atoms. The number of nitrogens with one attached hydrogen (secondary N) is 1. The Morgan fingerprint density at radius 3 is 2.94 bits per heavy atom. The number of nitrogens with zero attached hydrogens (tertiary/aromatic N) is 3. The third-order valence-corrected chi connectivity index (χ3v) is 2.97. The Labute approximate surface area is 103 Å². The van der Waals surface area contributed by atoms with E-state index in [-0.39, 0.29) is 0 Å². The van der Waals surface area contributed by atoms with Crippen LogP contribution in [0.5, 0.6) is 0 Å². The summed E-state index contributed by atoms with van der Waals surface area (Å²) < 4.78 is 2.92. The van der Waals surface area contributed by atoms with Crippen molar-refractivity contribution in [2.75, 3.05) is 7.05 Å². The van der Waals surface area contributed by atoms with Gasteiger partial charge >= 0.3 is 0 Å². The highest BCUT2D eigenvalue weighted by atomic mass is 79.9. The van der Waals surface area contributed by atoms with Gasteiger partial charge in [-0.3, -0.25) is 4.98 Å². The van der Waals surface area contributed by atoms with Crippen LogP contribution in [0.2, 0.25) is 0 Å². The lowest BCUT2D eigenvalue weighted by molar-refractivity contribution is 0.712. The summed E-state index contributed by atoms with van der Waals surface area (Å²) in [6, 6.07) is 3.95. The summed E-state index contributed by atoms with van der Waals surface area (Å²) in [5.41, 5.74) is 2.12. The number of rotatable bonds is 3. The van der Waals surface area contributed by atoms with Crippen LogP contribution in [0.25, 0.3) is 11.3 Å². The first kappa shape index (κ1) is 11.3. The van der Waals surface area contributed by atoms with E-state index in [1.54, 1.807) is 6.20 Å². The molecule has 0 saturated carbocycles. The molecule has 0 radical (unpaired) electrons. The fraction of sp³-hybridized carbons (Fsp3) is 0.273. The number of hydrogen-bond acceptors (Lipinski definition) is 3. The van der Waals surface area contributed by atoms with Crippen LogP contribution < -0.4 is 5.32 Å². The third kappa shape index (κ3) is 2.01. The molecule has 1 N–H and O–H groups in total. The van der Waals surface area contributed by atoms with E-state index in [2.05, 4.69) is 35.8 Å². The van der Waals surface area contributed by atoms with Crippen molar-refractivity contribution >= 4 is 15.9 Å². The third-order valence-electron chi connectivity index (χ3n) is 2.42. The SMILES string of the molecule is CNCc1nc(Br)c(-c2cccnc2)n1C. The van der Waals surface area contributed by atoms with E-state index < -0.39 is 0 Å². The molecule has 2 aromatic rings. The lowest BCUT2D eigenvalue weighted by atomic mass is 10.2. The molecule has 84 valence electrons. The molecule has 0 fully saturated rings. The van der Waals surface area contributed by atoms with Crippen molar-refractivity contribution in [3.63, 3.8) is 0 Å². The van der Waals surface area contributed by atoms with Gasteiger partial charge in [0.1, 0.15) is 10.4 Å². The van der Waals surface area contributed by atoms with Crippen LogP contribution >= 0.6 is 15.9 Å². The second-order valence-corrected chi connectivity index (χ2v) is 4.25. The molecule has 0 saturated heterocycles. The van der Waals surface area contributed by atoms with Crippen molar-refractivity contribution in [2.24, 2.45) is 7.05 Å². The van der Waals surface area contributed by atoms with E-state index in [9.17, 15) is 0 Å². The van der Waals surface area contributed by atoms with Crippen molar-refractivity contribution < 1.29 is 0 Å². The molecule has 2 rings (SSSR count). The number of aromatic nitrogens is 3. The van der Waals surface area contributed by atoms with Gasteiger partial charge in [0, 0.05) is 25.0 Å². The predicted molar refractivity (Wildman–Crippen MR) is 66.9 cm³/mol. The minimum absolute atomic E-state index is 0.745. The molecule has 2 heterocycles. The second-order valence-electron chi connectivity index (χ2n) is 3.50. The fourth-order valence-corrected chi connectivity index (χ4v) is 2.34. The molecule has 0 unspecified atom stereocenters. The van der Waals surface area contributed by atoms with Gasteiger partial charge in [-0.05, 0) is 35.1 Å². The van der Waals surface area contributed by atoms with Gasteiger partial charge in [0.25, 0.3) is 0 Å². The topological polar surface area (TPSA) is 42.7 Å². The molecular formula is C11H13BrN4. The molecule has 0 aromatic carbocycles. The van der Waals surface area contributed by atoms with E-state index in [1.165, 1.54) is 0 Å². The summed E-state index contributed by atoms with van der Waals surface area (Å²) in [5, 5.41) is 3.10. The van der Waals surface area contributed by atoms with Crippen LogP contribution in [0.4, 0.5) is 0 Å². The van der Waals surface area contributed by atoms with Gasteiger partial charge in [-0.2, -0.15) is 0 Å². The zero-order valence-electron chi connectivity index (χ0n) is 9.24. The molecule has 0 spiro atoms. The highest BCUT2D eigenvalue weighted by molar-refractivity contribution is 9.10. The zero-order valence-corrected chi connectivity index (χ0v) is 10.8. The lowest BCUT2D eigenvalue weighted by Crippen LogP contribution is -2.10. The average Bonchev–Trinajstić information content (AvgIpc) is 2.56. The molecule has 0 atom stereocenters. The normalized spacial score (nSPS) is 10.7. The summed E-state index contributed by atoms with van der Waals surface area (Å²) in [7, 11) is 3.92. The molecule has 0 amide bonds. The monoisotopic (exact) mass is 280 g/mol. The Hall–Kier alpha value is -1.20. The smallest absolute Gasteiger partial charge is 0.132 e. The maximum atomic E-state index is 4.47. The molecular weight excluding hydrogens is 268 g/mol. The highest BCUT2D eigenvalue weighted by Crippen LogP contribution is 2.27. The lowest BCUT2D eigenvalue weighted by Gasteiger charge is -2.05. The number of halogens is 1. The maximum absolute atomic E-state index is 4.47. The average molecular weight is 281 g/mol. The van der Waals surface area contributed by atoms with Crippen LogP contribution in [0.1, 0.15) is 5.82 Å². The van der Waals surface area contributed by atoms with Crippen LogP contribution in [0.15, 0.2) is 29.1 Å². The number of pyridine rings is 1. The molecule has 4 nitrogen and oxygen atoms in total. The zero-order chi connectivity index (χ0) is 11.5. The fourth-order valence-electron chi connectivity index (χ4n) is 1.64. The highest BCUT2D eigenvalue weighted by Gasteiger charge is 2.13. The van der Waals surface area contributed by atoms with Gasteiger partial charge in [-0.25, -0.2) is 4.98 Å². The Kier molecular flexibility index (Phi) is 3.36. The summed E-state index contributed by atoms with van der Waals surface area (Å²) in [4.78, 5) is 8.59. The van der Waals surface area contributed by atoms with Crippen molar-refractivity contribution in [1.29, 1.82) is 0 Å². The minimum atomic E-state index is 0.745. The Morgan fingerprint density at radius 2 is 2.31 bits per heavy atom. The van der Waals surface area contributed by atoms with Crippen LogP contribution in [0, 0.1) is 0 Å². The molecule has 0 aliphatic rings. The first-order valence-electron chi connectivity index (χ1n) is 5.00. The van der Waals surface area contributed by atoms with Crippen molar-refractivity contribution in [1.82, 2.24) is 19.9 Å². The van der Waals surface area contributed by atoms with E-state index in [4.69, 9.17) is 0 Å². The second kappa shape index (κ2) is 4.76. The summed E-state index contributed by atoms with van der Waals surface area (Å²) in [6.07, 6.45) is 3.60. The van der Waals surface area contributed by atoms with Crippen LogP contribution in [0.3, 0.4) is 0 Å². The van der Waals surface area contributed by atoms with Crippen molar-refractivity contribution in [2.45, 2.75) is 6.54 Å². The van der Waals surface area contributed by atoms with Gasteiger partial charge in [0.15, 0.2) is 0 Å². The number of hydrogen-bond donors (Lipinski definition) is 1. The Morgan fingerprint density at radius 1 is 1.50 bits per heavy atom. The first-order valence-corrected chi connectivity index (χ1v) is 5.79. The van der Waals surface area contributed by atoms with E-state index in [0.717, 1.165) is 28.2 Å².